The minimum atomic E-state index is -0.109. The first kappa shape index (κ1) is 20.4. The van der Waals surface area contributed by atoms with Crippen molar-refractivity contribution >= 4 is 5.69 Å². The number of piperidine rings is 1. The van der Waals surface area contributed by atoms with Crippen LogP contribution in [-0.4, -0.2) is 65.1 Å². The Bertz CT molecular complexity index is 768. The number of piperazine rings is 1. The van der Waals surface area contributed by atoms with Gasteiger partial charge in [0.2, 0.25) is 0 Å². The minimum Gasteiger partial charge on any atom is -0.367 e. The molecule has 2 aliphatic rings. The van der Waals surface area contributed by atoms with Gasteiger partial charge in [-0.3, -0.25) is 9.80 Å². The van der Waals surface area contributed by atoms with Gasteiger partial charge in [-0.1, -0.05) is 25.5 Å². The predicted molar refractivity (Wildman–Crippen MR) is 116 cm³/mol. The van der Waals surface area contributed by atoms with Crippen molar-refractivity contribution in [2.75, 3.05) is 44.2 Å². The van der Waals surface area contributed by atoms with Gasteiger partial charge in [0.05, 0.1) is 5.69 Å². The Labute approximate surface area is 173 Å². The number of hydrogen-bond acceptors (Lipinski definition) is 4. The van der Waals surface area contributed by atoms with Gasteiger partial charge in [-0.15, -0.1) is 0 Å². The molecule has 0 saturated carbocycles. The highest BCUT2D eigenvalue weighted by Crippen LogP contribution is 2.23. The number of anilines is 1. The van der Waals surface area contributed by atoms with E-state index in [1.165, 1.54) is 31.4 Å². The second kappa shape index (κ2) is 9.72. The summed E-state index contributed by atoms with van der Waals surface area (Å²) in [6.07, 6.45) is 7.97. The second-order valence-corrected chi connectivity index (χ2v) is 8.46. The Morgan fingerprint density at radius 3 is 2.76 bits per heavy atom. The summed E-state index contributed by atoms with van der Waals surface area (Å²) in [6.45, 7) is 9.28. The molecule has 0 aliphatic carbocycles. The van der Waals surface area contributed by atoms with Crippen LogP contribution in [0.15, 0.2) is 30.5 Å². The van der Waals surface area contributed by atoms with Crippen LogP contribution >= 0.6 is 0 Å². The van der Waals surface area contributed by atoms with Crippen LogP contribution in [0.25, 0.3) is 0 Å². The van der Waals surface area contributed by atoms with Gasteiger partial charge in [0.1, 0.15) is 11.6 Å². The number of hydrogen-bond donors (Lipinski definition) is 1. The van der Waals surface area contributed by atoms with Crippen molar-refractivity contribution < 1.29 is 4.39 Å². The maximum atomic E-state index is 14.1. The maximum Gasteiger partial charge on any atom is 0.146 e. The average molecular weight is 400 g/mol. The molecule has 0 radical (unpaired) electrons. The van der Waals surface area contributed by atoms with Gasteiger partial charge in [-0.25, -0.2) is 9.37 Å². The van der Waals surface area contributed by atoms with E-state index >= 15 is 0 Å². The number of H-pyrrole nitrogens is 1. The summed E-state index contributed by atoms with van der Waals surface area (Å²) in [5.41, 5.74) is 1.98. The van der Waals surface area contributed by atoms with E-state index in [9.17, 15) is 4.39 Å². The molecule has 1 unspecified atom stereocenters. The number of benzene rings is 1. The van der Waals surface area contributed by atoms with Crippen molar-refractivity contribution in [2.45, 2.75) is 51.6 Å². The van der Waals surface area contributed by atoms with Gasteiger partial charge < -0.3 is 9.88 Å². The molecule has 2 aromatic rings. The molecule has 0 bridgehead atoms. The summed E-state index contributed by atoms with van der Waals surface area (Å²) in [7, 11) is 0. The van der Waals surface area contributed by atoms with Crippen LogP contribution in [0, 0.1) is 5.82 Å². The van der Waals surface area contributed by atoms with Crippen LogP contribution in [0.5, 0.6) is 0 Å². The number of nitrogens with one attached hydrogen (secondary N) is 1. The maximum absolute atomic E-state index is 14.1. The molecule has 3 heterocycles. The lowest BCUT2D eigenvalue weighted by Gasteiger charge is -2.44. The summed E-state index contributed by atoms with van der Waals surface area (Å²) in [5, 5.41) is 0. The molecular formula is C23H34FN5. The molecule has 2 saturated heterocycles. The SMILES string of the molecule is CCCCc1ncc(CN2CCCC(N3CCN(c4ccccc4F)CC3)C2)[nH]1. The zero-order chi connectivity index (χ0) is 20.1. The van der Waals surface area contributed by atoms with Crippen LogP contribution < -0.4 is 4.90 Å². The number of halogens is 1. The largest absolute Gasteiger partial charge is 0.367 e. The van der Waals surface area contributed by atoms with Crippen molar-refractivity contribution in [1.82, 2.24) is 19.8 Å². The van der Waals surface area contributed by atoms with Crippen LogP contribution in [-0.2, 0) is 13.0 Å². The standard InChI is InChI=1S/C23H34FN5/c1-2-3-10-23-25-16-19(26-23)17-27-11-6-7-20(18-27)28-12-14-29(15-13-28)22-9-5-4-8-21(22)24/h4-5,8-9,16,20H,2-3,6-7,10-15,17-18H2,1H3,(H,25,26). The van der Waals surface area contributed by atoms with Crippen LogP contribution in [0.3, 0.4) is 0 Å². The smallest absolute Gasteiger partial charge is 0.146 e. The van der Waals surface area contributed by atoms with E-state index in [2.05, 4.69) is 31.6 Å². The highest BCUT2D eigenvalue weighted by atomic mass is 19.1. The minimum absolute atomic E-state index is 0.109. The first-order valence-electron chi connectivity index (χ1n) is 11.2. The van der Waals surface area contributed by atoms with Crippen molar-refractivity contribution in [2.24, 2.45) is 0 Å². The lowest BCUT2D eigenvalue weighted by atomic mass is 10.0. The fourth-order valence-corrected chi connectivity index (χ4v) is 4.71. The molecule has 5 nitrogen and oxygen atoms in total. The molecule has 2 fully saturated rings. The molecule has 0 spiro atoms. The Kier molecular flexibility index (Phi) is 6.82. The summed E-state index contributed by atoms with van der Waals surface area (Å²) in [4.78, 5) is 15.4. The van der Waals surface area contributed by atoms with Crippen LogP contribution in [0.2, 0.25) is 0 Å². The van der Waals surface area contributed by atoms with Gasteiger partial charge in [0.25, 0.3) is 0 Å². The zero-order valence-electron chi connectivity index (χ0n) is 17.6. The third-order valence-electron chi connectivity index (χ3n) is 6.35. The molecule has 29 heavy (non-hydrogen) atoms. The predicted octanol–water partition coefficient (Wildman–Crippen LogP) is 3.68. The Balaban J connectivity index is 1.28. The normalized spacial score (nSPS) is 21.6. The van der Waals surface area contributed by atoms with Gasteiger partial charge in [-0.05, 0) is 37.9 Å². The highest BCUT2D eigenvalue weighted by molar-refractivity contribution is 5.48. The molecule has 1 aromatic carbocycles. The Morgan fingerprint density at radius 1 is 1.14 bits per heavy atom. The monoisotopic (exact) mass is 399 g/mol. The van der Waals surface area contributed by atoms with Crippen molar-refractivity contribution in [1.29, 1.82) is 0 Å². The second-order valence-electron chi connectivity index (χ2n) is 8.46. The quantitative estimate of drug-likeness (QED) is 0.771. The van der Waals surface area contributed by atoms with E-state index < -0.39 is 0 Å². The molecule has 4 rings (SSSR count). The highest BCUT2D eigenvalue weighted by Gasteiger charge is 2.28. The first-order chi connectivity index (χ1) is 14.2. The van der Waals surface area contributed by atoms with E-state index in [0.29, 0.717) is 6.04 Å². The molecule has 158 valence electrons. The van der Waals surface area contributed by atoms with Crippen LogP contribution in [0.4, 0.5) is 10.1 Å². The Morgan fingerprint density at radius 2 is 1.97 bits per heavy atom. The lowest BCUT2D eigenvalue weighted by molar-refractivity contribution is 0.0880. The molecule has 6 heteroatoms. The van der Waals surface area contributed by atoms with E-state index in [0.717, 1.165) is 63.7 Å². The number of para-hydroxylation sites is 1. The lowest BCUT2D eigenvalue weighted by Crippen LogP contribution is -2.55. The molecule has 1 atom stereocenters. The van der Waals surface area contributed by atoms with Gasteiger partial charge in [0, 0.05) is 63.6 Å². The molecule has 0 amide bonds. The number of imidazole rings is 1. The summed E-state index contributed by atoms with van der Waals surface area (Å²) in [5.74, 6) is 1.02. The van der Waals surface area contributed by atoms with Gasteiger partial charge in [0.15, 0.2) is 0 Å². The first-order valence-corrected chi connectivity index (χ1v) is 11.2. The van der Waals surface area contributed by atoms with E-state index in [-0.39, 0.29) is 5.82 Å². The van der Waals surface area contributed by atoms with Crippen molar-refractivity contribution in [3.63, 3.8) is 0 Å². The van der Waals surface area contributed by atoms with Gasteiger partial charge in [-0.2, -0.15) is 0 Å². The summed E-state index contributed by atoms with van der Waals surface area (Å²) >= 11 is 0. The van der Waals surface area contributed by atoms with E-state index in [1.807, 2.05) is 18.3 Å². The third-order valence-corrected chi connectivity index (χ3v) is 6.35. The molecule has 1 aromatic heterocycles. The number of nitrogens with zero attached hydrogens (tertiary/aromatic N) is 4. The van der Waals surface area contributed by atoms with Crippen molar-refractivity contribution in [3.8, 4) is 0 Å². The zero-order valence-corrected chi connectivity index (χ0v) is 17.6. The summed E-state index contributed by atoms with van der Waals surface area (Å²) < 4.78 is 14.1. The van der Waals surface area contributed by atoms with Crippen LogP contribution in [0.1, 0.15) is 44.1 Å². The molecular weight excluding hydrogens is 365 g/mol. The molecule has 2 aliphatic heterocycles. The number of likely N-dealkylation sites (tertiary alicyclic amines) is 1. The number of aromatic amines is 1. The summed E-state index contributed by atoms with van der Waals surface area (Å²) in [6, 6.07) is 7.75. The average Bonchev–Trinajstić information content (AvgIpc) is 3.20. The Hall–Kier alpha value is -1.92. The number of unbranched alkanes of at least 4 members (excludes halogenated alkanes) is 1. The molecule has 1 N–H and O–H groups in total. The third kappa shape index (κ3) is 5.17. The van der Waals surface area contributed by atoms with Gasteiger partial charge >= 0.3 is 0 Å². The fourth-order valence-electron chi connectivity index (χ4n) is 4.71. The van der Waals surface area contributed by atoms with E-state index in [1.54, 1.807) is 12.1 Å². The fraction of sp³-hybridized carbons (Fsp3) is 0.609. The number of aromatic nitrogens is 2. The number of aryl methyl sites for hydroxylation is 1. The van der Waals surface area contributed by atoms with Crippen molar-refractivity contribution in [3.05, 3.63) is 47.8 Å². The number of rotatable bonds is 7. The van der Waals surface area contributed by atoms with E-state index in [4.69, 9.17) is 0 Å². The topological polar surface area (TPSA) is 38.4 Å².